The number of carboxylic acids is 1. The molecule has 10 heteroatoms. The maximum absolute atomic E-state index is 12.7. The molecular formula is C22H23N2O6PS. The van der Waals surface area contributed by atoms with Crippen LogP contribution in [0.1, 0.15) is 15.9 Å². The van der Waals surface area contributed by atoms with Crippen molar-refractivity contribution in [3.63, 3.8) is 0 Å². The van der Waals surface area contributed by atoms with Gasteiger partial charge in [-0.1, -0.05) is 24.3 Å². The zero-order valence-corrected chi connectivity index (χ0v) is 19.2. The number of carboxylic acid groups (broad SMARTS) is 1. The lowest BCUT2D eigenvalue weighted by atomic mass is 10.1. The molecule has 0 spiro atoms. The summed E-state index contributed by atoms with van der Waals surface area (Å²) in [6.07, 6.45) is -0.0774. The zero-order valence-electron chi connectivity index (χ0n) is 17.5. The molecule has 4 N–H and O–H groups in total. The summed E-state index contributed by atoms with van der Waals surface area (Å²) in [4.78, 5) is 25.4. The first-order chi connectivity index (χ1) is 15.3. The summed E-state index contributed by atoms with van der Waals surface area (Å²) >= 11 is 1.59. The Morgan fingerprint density at radius 1 is 1.12 bits per heavy atom. The first-order valence-electron chi connectivity index (χ1n) is 9.55. The van der Waals surface area contributed by atoms with Crippen LogP contribution in [0.5, 0.6) is 0 Å². The first kappa shape index (κ1) is 23.7. The molecule has 168 valence electrons. The van der Waals surface area contributed by atoms with Crippen LogP contribution in [0.15, 0.2) is 60.0 Å². The number of benzene rings is 2. The molecule has 0 bridgehead atoms. The molecule has 0 aliphatic carbocycles. The Bertz CT molecular complexity index is 1140. The lowest BCUT2D eigenvalue weighted by Crippen LogP contribution is -2.24. The van der Waals surface area contributed by atoms with Crippen LogP contribution in [-0.4, -0.2) is 36.9 Å². The number of nitrogens with two attached hydrogens (primary N) is 1. The van der Waals surface area contributed by atoms with Crippen LogP contribution in [0.2, 0.25) is 0 Å². The second-order valence-electron chi connectivity index (χ2n) is 6.89. The van der Waals surface area contributed by atoms with Crippen molar-refractivity contribution in [1.29, 1.82) is 0 Å². The summed E-state index contributed by atoms with van der Waals surface area (Å²) in [6, 6.07) is 15.7. The van der Waals surface area contributed by atoms with Crippen LogP contribution < -0.4 is 11.1 Å². The maximum Gasteiger partial charge on any atom is 0.344 e. The number of nitrogen functional groups attached to an aromatic ring is 1. The van der Waals surface area contributed by atoms with E-state index in [1.54, 1.807) is 41.7 Å². The third-order valence-corrected chi connectivity index (χ3v) is 8.03. The van der Waals surface area contributed by atoms with E-state index in [0.29, 0.717) is 22.5 Å². The number of anilines is 2. The number of hydrogen-bond acceptors (Lipinski definition) is 7. The van der Waals surface area contributed by atoms with Gasteiger partial charge in [0, 0.05) is 24.7 Å². The normalized spacial score (nSPS) is 12.3. The summed E-state index contributed by atoms with van der Waals surface area (Å²) in [6.45, 7) is 0. The summed E-state index contributed by atoms with van der Waals surface area (Å²) in [5.74, 6) is -1.65. The highest BCUT2D eigenvalue weighted by molar-refractivity contribution is 7.55. The molecule has 2 aromatic carbocycles. The molecule has 1 amide bonds. The highest BCUT2D eigenvalue weighted by Gasteiger charge is 2.40. The van der Waals surface area contributed by atoms with E-state index >= 15 is 0 Å². The SMILES string of the molecule is COP(=O)(OC)C(Cc1ccc(C(=O)Nc2cc(-c3cccs3)ccc2N)cc1)C(=O)O. The number of thiophene rings is 1. The van der Waals surface area contributed by atoms with Crippen molar-refractivity contribution in [2.75, 3.05) is 25.3 Å². The van der Waals surface area contributed by atoms with E-state index in [4.69, 9.17) is 14.8 Å². The number of aliphatic carboxylic acids is 1. The quantitative estimate of drug-likeness (QED) is 0.302. The molecule has 1 atom stereocenters. The Balaban J connectivity index is 1.75. The molecule has 0 saturated carbocycles. The Hall–Kier alpha value is -2.97. The smallest absolute Gasteiger partial charge is 0.344 e. The van der Waals surface area contributed by atoms with Gasteiger partial charge < -0.3 is 25.2 Å². The average Bonchev–Trinajstić information content (AvgIpc) is 3.33. The molecule has 0 aliphatic rings. The maximum atomic E-state index is 12.7. The third kappa shape index (κ3) is 5.26. The molecule has 1 aromatic heterocycles. The fourth-order valence-electron chi connectivity index (χ4n) is 3.13. The van der Waals surface area contributed by atoms with E-state index in [9.17, 15) is 19.3 Å². The van der Waals surface area contributed by atoms with Gasteiger partial charge in [0.05, 0.1) is 11.4 Å². The monoisotopic (exact) mass is 474 g/mol. The Labute approximate surface area is 189 Å². The Morgan fingerprint density at radius 2 is 1.81 bits per heavy atom. The van der Waals surface area contributed by atoms with Crippen LogP contribution in [0.25, 0.3) is 10.4 Å². The number of carbonyl (C=O) groups excluding carboxylic acids is 1. The van der Waals surface area contributed by atoms with Gasteiger partial charge in [0.1, 0.15) is 0 Å². The second-order valence-corrected chi connectivity index (χ2v) is 10.3. The summed E-state index contributed by atoms with van der Waals surface area (Å²) < 4.78 is 22.2. The minimum absolute atomic E-state index is 0.0774. The molecule has 1 unspecified atom stereocenters. The van der Waals surface area contributed by atoms with Crippen LogP contribution in [0, 0.1) is 0 Å². The van der Waals surface area contributed by atoms with Gasteiger partial charge in [0.15, 0.2) is 5.66 Å². The van der Waals surface area contributed by atoms with Gasteiger partial charge in [-0.3, -0.25) is 14.2 Å². The number of carbonyl (C=O) groups is 2. The Morgan fingerprint density at radius 3 is 2.38 bits per heavy atom. The number of rotatable bonds is 9. The summed E-state index contributed by atoms with van der Waals surface area (Å²) in [5, 5.41) is 14.2. The molecule has 0 aliphatic heterocycles. The summed E-state index contributed by atoms with van der Waals surface area (Å²) in [7, 11) is -1.52. The van der Waals surface area contributed by atoms with Crippen LogP contribution in [-0.2, 0) is 24.8 Å². The minimum Gasteiger partial charge on any atom is -0.481 e. The van der Waals surface area contributed by atoms with E-state index in [0.717, 1.165) is 24.7 Å². The summed E-state index contributed by atoms with van der Waals surface area (Å²) in [5.41, 5.74) is 7.48. The van der Waals surface area contributed by atoms with Crippen LogP contribution in [0.4, 0.5) is 11.4 Å². The van der Waals surface area contributed by atoms with Gasteiger partial charge in [-0.2, -0.15) is 0 Å². The zero-order chi connectivity index (χ0) is 23.3. The average molecular weight is 474 g/mol. The molecule has 3 rings (SSSR count). The highest BCUT2D eigenvalue weighted by atomic mass is 32.1. The van der Waals surface area contributed by atoms with E-state index in [-0.39, 0.29) is 12.3 Å². The first-order valence-corrected chi connectivity index (χ1v) is 12.0. The minimum atomic E-state index is -3.81. The van der Waals surface area contributed by atoms with E-state index < -0.39 is 19.2 Å². The standard InChI is InChI=1S/C22H23N2O6PS/c1-29-31(28,30-2)19(22(26)27)12-14-5-7-15(8-6-14)21(25)24-18-13-16(9-10-17(18)23)20-4-3-11-32-20/h3-11,13,19H,12,23H2,1-2H3,(H,24,25)(H,26,27). The van der Waals surface area contributed by atoms with Crippen molar-refractivity contribution in [2.45, 2.75) is 12.1 Å². The van der Waals surface area contributed by atoms with E-state index in [1.807, 2.05) is 29.6 Å². The number of nitrogens with one attached hydrogen (secondary N) is 1. The second kappa shape index (κ2) is 10.1. The fraction of sp³-hybridized carbons (Fsp3) is 0.182. The fourth-order valence-corrected chi connectivity index (χ4v) is 5.22. The number of amides is 1. The molecule has 0 saturated heterocycles. The lowest BCUT2D eigenvalue weighted by Gasteiger charge is -2.21. The predicted octanol–water partition coefficient (Wildman–Crippen LogP) is 4.73. The topological polar surface area (TPSA) is 128 Å². The molecule has 8 nitrogen and oxygen atoms in total. The largest absolute Gasteiger partial charge is 0.481 e. The van der Waals surface area contributed by atoms with Gasteiger partial charge in [0.25, 0.3) is 5.91 Å². The van der Waals surface area contributed by atoms with Crippen LogP contribution >= 0.6 is 18.9 Å². The van der Waals surface area contributed by atoms with Gasteiger partial charge in [-0.15, -0.1) is 11.3 Å². The van der Waals surface area contributed by atoms with Crippen molar-refractivity contribution in [3.8, 4) is 10.4 Å². The molecule has 32 heavy (non-hydrogen) atoms. The van der Waals surface area contributed by atoms with Crippen molar-refractivity contribution in [2.24, 2.45) is 0 Å². The van der Waals surface area contributed by atoms with Gasteiger partial charge >= 0.3 is 13.6 Å². The molecule has 0 fully saturated rings. The molecular weight excluding hydrogens is 451 g/mol. The van der Waals surface area contributed by atoms with Crippen molar-refractivity contribution in [1.82, 2.24) is 0 Å². The predicted molar refractivity (Wildman–Crippen MR) is 125 cm³/mol. The van der Waals surface area contributed by atoms with Crippen molar-refractivity contribution < 1.29 is 28.3 Å². The van der Waals surface area contributed by atoms with E-state index in [1.165, 1.54) is 0 Å². The molecule has 3 aromatic rings. The van der Waals surface area contributed by atoms with Gasteiger partial charge in [0.2, 0.25) is 0 Å². The van der Waals surface area contributed by atoms with Crippen LogP contribution in [0.3, 0.4) is 0 Å². The molecule has 0 radical (unpaired) electrons. The third-order valence-electron chi connectivity index (χ3n) is 4.93. The van der Waals surface area contributed by atoms with Crippen molar-refractivity contribution >= 4 is 42.2 Å². The van der Waals surface area contributed by atoms with E-state index in [2.05, 4.69) is 5.32 Å². The molecule has 1 heterocycles. The highest BCUT2D eigenvalue weighted by Crippen LogP contribution is 2.52. The number of hydrogen-bond donors (Lipinski definition) is 3. The van der Waals surface area contributed by atoms with Gasteiger partial charge in [-0.25, -0.2) is 0 Å². The van der Waals surface area contributed by atoms with Crippen molar-refractivity contribution in [3.05, 3.63) is 71.1 Å². The van der Waals surface area contributed by atoms with Gasteiger partial charge in [-0.05, 0) is 53.3 Å². The Kier molecular flexibility index (Phi) is 7.48. The lowest BCUT2D eigenvalue weighted by molar-refractivity contribution is -0.137.